The first-order valence-corrected chi connectivity index (χ1v) is 8.89. The maximum absolute atomic E-state index is 12.4. The van der Waals surface area contributed by atoms with Gasteiger partial charge < -0.3 is 5.32 Å². The first-order valence-electron chi connectivity index (χ1n) is 8.89. The Hall–Kier alpha value is -1.31. The minimum atomic E-state index is -0.00476. The lowest BCUT2D eigenvalue weighted by atomic mass is 9.55. The monoisotopic (exact) mass is 297 g/mol. The topological polar surface area (TPSA) is 29.1 Å². The van der Waals surface area contributed by atoms with E-state index in [4.69, 9.17) is 0 Å². The molecule has 0 aliphatic heterocycles. The number of benzene rings is 1. The third-order valence-corrected chi connectivity index (χ3v) is 7.08. The largest absolute Gasteiger partial charge is 0.388 e. The van der Waals surface area contributed by atoms with Crippen molar-refractivity contribution in [2.45, 2.75) is 58.3 Å². The van der Waals surface area contributed by atoms with Crippen LogP contribution in [0.1, 0.15) is 61.6 Å². The molecule has 2 heteroatoms. The molecule has 0 spiro atoms. The van der Waals surface area contributed by atoms with E-state index in [0.29, 0.717) is 17.6 Å². The molecule has 0 aromatic heterocycles. The number of ketones is 1. The van der Waals surface area contributed by atoms with Crippen molar-refractivity contribution in [2.24, 2.45) is 17.3 Å². The van der Waals surface area contributed by atoms with Gasteiger partial charge in [0.15, 0.2) is 0 Å². The van der Waals surface area contributed by atoms with Crippen molar-refractivity contribution in [2.75, 3.05) is 12.4 Å². The third kappa shape index (κ3) is 1.76. The number of nitrogens with one attached hydrogen (secondary N) is 1. The first-order chi connectivity index (χ1) is 10.6. The molecule has 0 amide bonds. The van der Waals surface area contributed by atoms with Crippen LogP contribution in [0, 0.1) is 24.2 Å². The molecule has 4 rings (SSSR count). The van der Waals surface area contributed by atoms with Gasteiger partial charge in [-0.2, -0.15) is 0 Å². The zero-order valence-electron chi connectivity index (χ0n) is 14.0. The molecule has 2 nitrogen and oxygen atoms in total. The molecule has 0 bridgehead atoms. The lowest BCUT2D eigenvalue weighted by molar-refractivity contribution is -0.129. The van der Waals surface area contributed by atoms with Crippen molar-refractivity contribution >= 4 is 11.5 Å². The highest BCUT2D eigenvalue weighted by atomic mass is 16.1. The molecule has 0 unspecified atom stereocenters. The molecule has 22 heavy (non-hydrogen) atoms. The molecular weight excluding hydrogens is 270 g/mol. The van der Waals surface area contributed by atoms with E-state index < -0.39 is 0 Å². The van der Waals surface area contributed by atoms with Gasteiger partial charge in [-0.05, 0) is 73.5 Å². The minimum absolute atomic E-state index is 0.00476. The number of aryl methyl sites for hydroxylation is 1. The number of hydrogen-bond donors (Lipinski definition) is 1. The SMILES string of the molecule is CNc1c(C)ccc2c1CC[C@@H]1[C@@H]2CC[C@]2(C)C(=O)CC[C@@H]12. The third-order valence-electron chi connectivity index (χ3n) is 7.08. The van der Waals surface area contributed by atoms with Gasteiger partial charge in [-0.3, -0.25) is 4.79 Å². The summed E-state index contributed by atoms with van der Waals surface area (Å²) in [7, 11) is 2.04. The average molecular weight is 297 g/mol. The van der Waals surface area contributed by atoms with Crippen molar-refractivity contribution in [3.05, 3.63) is 28.8 Å². The van der Waals surface area contributed by atoms with Gasteiger partial charge in [0, 0.05) is 24.6 Å². The van der Waals surface area contributed by atoms with Gasteiger partial charge in [-0.15, -0.1) is 0 Å². The minimum Gasteiger partial charge on any atom is -0.388 e. The van der Waals surface area contributed by atoms with Crippen LogP contribution in [-0.2, 0) is 11.2 Å². The Labute approximate surface area is 133 Å². The quantitative estimate of drug-likeness (QED) is 0.829. The zero-order valence-corrected chi connectivity index (χ0v) is 14.0. The number of carbonyl (C=O) groups excluding carboxylic acids is 1. The molecule has 2 fully saturated rings. The average Bonchev–Trinajstić information content (AvgIpc) is 2.82. The molecule has 4 atom stereocenters. The summed E-state index contributed by atoms with van der Waals surface area (Å²) in [5.41, 5.74) is 5.84. The zero-order chi connectivity index (χ0) is 15.5. The molecule has 1 aromatic rings. The van der Waals surface area contributed by atoms with E-state index in [-0.39, 0.29) is 5.41 Å². The van der Waals surface area contributed by atoms with Crippen molar-refractivity contribution < 1.29 is 4.79 Å². The highest BCUT2D eigenvalue weighted by Gasteiger charge is 2.54. The van der Waals surface area contributed by atoms with Gasteiger partial charge in [0.05, 0.1) is 0 Å². The van der Waals surface area contributed by atoms with Crippen LogP contribution in [0.5, 0.6) is 0 Å². The predicted octanol–water partition coefficient (Wildman–Crippen LogP) is 4.46. The van der Waals surface area contributed by atoms with E-state index in [1.54, 1.807) is 11.1 Å². The molecule has 0 saturated heterocycles. The van der Waals surface area contributed by atoms with Crippen LogP contribution >= 0.6 is 0 Å². The summed E-state index contributed by atoms with van der Waals surface area (Å²) in [5, 5.41) is 3.43. The molecule has 1 N–H and O–H groups in total. The van der Waals surface area contributed by atoms with Gasteiger partial charge >= 0.3 is 0 Å². The summed E-state index contributed by atoms with van der Waals surface area (Å²) < 4.78 is 0. The van der Waals surface area contributed by atoms with E-state index in [1.165, 1.54) is 30.5 Å². The normalized spacial score (nSPS) is 36.5. The fraction of sp³-hybridized carbons (Fsp3) is 0.650. The summed E-state index contributed by atoms with van der Waals surface area (Å²) in [6, 6.07) is 4.66. The molecule has 2 saturated carbocycles. The summed E-state index contributed by atoms with van der Waals surface area (Å²) >= 11 is 0. The highest BCUT2D eigenvalue weighted by Crippen LogP contribution is 2.60. The number of anilines is 1. The van der Waals surface area contributed by atoms with E-state index in [9.17, 15) is 4.79 Å². The van der Waals surface area contributed by atoms with E-state index >= 15 is 0 Å². The van der Waals surface area contributed by atoms with Gasteiger partial charge in [0.1, 0.15) is 5.78 Å². The Balaban J connectivity index is 1.75. The summed E-state index contributed by atoms with van der Waals surface area (Å²) in [4.78, 5) is 12.4. The fourth-order valence-corrected chi connectivity index (χ4v) is 5.90. The Bertz CT molecular complexity index is 635. The fourth-order valence-electron chi connectivity index (χ4n) is 5.90. The number of rotatable bonds is 1. The second kappa shape index (κ2) is 4.84. The Morgan fingerprint density at radius 1 is 1.18 bits per heavy atom. The van der Waals surface area contributed by atoms with Crippen LogP contribution < -0.4 is 5.32 Å². The van der Waals surface area contributed by atoms with Crippen molar-refractivity contribution in [3.8, 4) is 0 Å². The Morgan fingerprint density at radius 2 is 2.00 bits per heavy atom. The second-order valence-electron chi connectivity index (χ2n) is 7.91. The number of carbonyl (C=O) groups is 1. The van der Waals surface area contributed by atoms with Crippen LogP contribution in [0.4, 0.5) is 5.69 Å². The molecule has 0 radical (unpaired) electrons. The van der Waals surface area contributed by atoms with Crippen LogP contribution in [-0.4, -0.2) is 12.8 Å². The Morgan fingerprint density at radius 3 is 2.77 bits per heavy atom. The summed E-state index contributed by atoms with van der Waals surface area (Å²) in [6.45, 7) is 4.46. The number of fused-ring (bicyclic) bond motifs is 5. The van der Waals surface area contributed by atoms with Crippen molar-refractivity contribution in [1.29, 1.82) is 0 Å². The van der Waals surface area contributed by atoms with Crippen LogP contribution in [0.25, 0.3) is 0 Å². The van der Waals surface area contributed by atoms with E-state index in [1.807, 2.05) is 7.05 Å². The standard InChI is InChI=1S/C20H27NO/c1-12-4-5-13-14-10-11-20(2)17(8-9-18(20)22)15(14)6-7-16(13)19(12)21-3/h4-5,14-15,17,21H,6-11H2,1-3H3/t14-,15-,17+,20+/m1/s1. The van der Waals surface area contributed by atoms with Crippen LogP contribution in [0.15, 0.2) is 12.1 Å². The number of hydrogen-bond acceptors (Lipinski definition) is 2. The van der Waals surface area contributed by atoms with Crippen LogP contribution in [0.2, 0.25) is 0 Å². The lowest BCUT2D eigenvalue weighted by Gasteiger charge is -2.48. The number of Topliss-reactive ketones (excluding diaryl/α,β-unsaturated/α-hetero) is 1. The molecule has 118 valence electrons. The van der Waals surface area contributed by atoms with Crippen LogP contribution in [0.3, 0.4) is 0 Å². The van der Waals surface area contributed by atoms with Crippen molar-refractivity contribution in [3.63, 3.8) is 0 Å². The van der Waals surface area contributed by atoms with Crippen molar-refractivity contribution in [1.82, 2.24) is 0 Å². The van der Waals surface area contributed by atoms with E-state index in [0.717, 1.165) is 25.2 Å². The molecule has 1 aromatic carbocycles. The first kappa shape index (κ1) is 14.3. The highest BCUT2D eigenvalue weighted by molar-refractivity contribution is 5.87. The molecule has 3 aliphatic carbocycles. The predicted molar refractivity (Wildman–Crippen MR) is 90.3 cm³/mol. The summed E-state index contributed by atoms with van der Waals surface area (Å²) in [6.07, 6.45) is 6.70. The summed E-state index contributed by atoms with van der Waals surface area (Å²) in [5.74, 6) is 2.58. The van der Waals surface area contributed by atoms with E-state index in [2.05, 4.69) is 31.3 Å². The van der Waals surface area contributed by atoms with Gasteiger partial charge in [-0.1, -0.05) is 19.1 Å². The maximum atomic E-state index is 12.4. The van der Waals surface area contributed by atoms with Gasteiger partial charge in [0.25, 0.3) is 0 Å². The lowest BCUT2D eigenvalue weighted by Crippen LogP contribution is -2.42. The smallest absolute Gasteiger partial charge is 0.139 e. The van der Waals surface area contributed by atoms with Gasteiger partial charge in [-0.25, -0.2) is 0 Å². The molecular formula is C20H27NO. The second-order valence-corrected chi connectivity index (χ2v) is 7.91. The van der Waals surface area contributed by atoms with Gasteiger partial charge in [0.2, 0.25) is 0 Å². The maximum Gasteiger partial charge on any atom is 0.139 e. The molecule has 3 aliphatic rings. The Kier molecular flexibility index (Phi) is 3.15. The molecule has 0 heterocycles.